The summed E-state index contributed by atoms with van der Waals surface area (Å²) in [6.07, 6.45) is 10.9. The number of pyridine rings is 7. The molecule has 0 aliphatic carbocycles. The molecule has 0 radical (unpaired) electrons. The quantitative estimate of drug-likeness (QED) is 0.0370. The molecule has 14 rings (SSSR count). The second kappa shape index (κ2) is 59.9. The van der Waals surface area contributed by atoms with Gasteiger partial charge in [-0.05, 0) is 251 Å². The molecule has 2 unspecified atom stereocenters. The van der Waals surface area contributed by atoms with Gasteiger partial charge in [0, 0.05) is 223 Å². The highest BCUT2D eigenvalue weighted by Gasteiger charge is 2.31. The van der Waals surface area contributed by atoms with Crippen LogP contribution in [0, 0.1) is 0 Å². The van der Waals surface area contributed by atoms with E-state index in [1.54, 1.807) is 0 Å². The summed E-state index contributed by atoms with van der Waals surface area (Å²) in [5, 5.41) is 18.1. The Bertz CT molecular complexity index is 4130. The van der Waals surface area contributed by atoms with Crippen LogP contribution < -0.4 is 0 Å². The van der Waals surface area contributed by atoms with E-state index in [1.165, 1.54) is 95.9 Å². The molecule has 0 spiro atoms. The van der Waals surface area contributed by atoms with Crippen molar-refractivity contribution in [2.24, 2.45) is 0 Å². The van der Waals surface area contributed by atoms with Crippen molar-refractivity contribution in [3.05, 3.63) is 204 Å². The maximum absolute atomic E-state index is 9.06. The Hall–Kier alpha value is -6.59. The van der Waals surface area contributed by atoms with Gasteiger partial charge >= 0.3 is 0 Å². The van der Waals surface area contributed by atoms with E-state index >= 15 is 0 Å². The van der Waals surface area contributed by atoms with E-state index in [0.29, 0.717) is 95.9 Å². The molecule has 7 aromatic heterocycles. The molecule has 7 fully saturated rings. The van der Waals surface area contributed by atoms with Gasteiger partial charge in [0.25, 0.3) is 0 Å². The number of aliphatic hydroxyl groups excluding tert-OH is 2. The van der Waals surface area contributed by atoms with E-state index in [0.717, 1.165) is 238 Å². The minimum atomic E-state index is 0.183. The lowest BCUT2D eigenvalue weighted by Gasteiger charge is -2.20. The minimum Gasteiger partial charge on any atom is -0.395 e. The molecule has 7 saturated heterocycles. The molecule has 7 atom stereocenters. The molecule has 0 aromatic carbocycles. The maximum Gasteiger partial charge on any atom is 0.0582 e. The van der Waals surface area contributed by atoms with E-state index in [2.05, 4.69) is 286 Å². The van der Waals surface area contributed by atoms with Gasteiger partial charge in [0.2, 0.25) is 0 Å². The highest BCUT2D eigenvalue weighted by Crippen LogP contribution is 2.37. The Morgan fingerprint density at radius 2 is 0.407 bits per heavy atom. The molecular weight excluding hydrogens is 1690 g/mol. The predicted octanol–water partition coefficient (Wildman–Crippen LogP) is 19.0. The van der Waals surface area contributed by atoms with E-state index in [-0.39, 0.29) is 13.2 Å². The van der Waals surface area contributed by atoms with E-state index in [4.69, 9.17) is 78.3 Å². The van der Waals surface area contributed by atoms with Gasteiger partial charge in [-0.25, -0.2) is 0 Å². The van der Waals surface area contributed by atoms with Crippen LogP contribution in [0.15, 0.2) is 84.9 Å². The Balaban J connectivity index is 0.000000194. The van der Waals surface area contributed by atoms with Crippen LogP contribution in [-0.4, -0.2) is 301 Å². The zero-order valence-corrected chi connectivity index (χ0v) is 88.8. The summed E-state index contributed by atoms with van der Waals surface area (Å²) < 4.78 is 38.7. The third-order valence-corrected chi connectivity index (χ3v) is 27.1. The zero-order valence-electron chi connectivity index (χ0n) is 88.8. The van der Waals surface area contributed by atoms with Gasteiger partial charge in [-0.1, -0.05) is 153 Å². The number of aliphatic hydroxyl groups is 2. The number of hydrogen-bond donors (Lipinski definition) is 2. The monoisotopic (exact) mass is 1870 g/mol. The zero-order chi connectivity index (χ0) is 98.2. The number of rotatable bonds is 37. The average molecular weight is 1870 g/mol. The topological polar surface area (TPSA) is 218 Å². The fourth-order valence-electron chi connectivity index (χ4n) is 17.9. The van der Waals surface area contributed by atoms with Crippen molar-refractivity contribution in [3.63, 3.8) is 0 Å². The molecule has 754 valence electrons. The lowest BCUT2D eigenvalue weighted by Crippen LogP contribution is -2.23. The van der Waals surface area contributed by atoms with Crippen molar-refractivity contribution in [1.29, 1.82) is 0 Å². The molecule has 0 saturated carbocycles. The molecule has 23 nitrogen and oxygen atoms in total. The number of likely N-dealkylation sites (N-methyl/N-ethyl adjacent to an activating group) is 5. The van der Waals surface area contributed by atoms with Crippen LogP contribution >= 0.6 is 0 Å². The molecule has 0 bridgehead atoms. The first-order valence-electron chi connectivity index (χ1n) is 51.6. The van der Waals surface area contributed by atoms with Crippen molar-refractivity contribution >= 4 is 0 Å². The third kappa shape index (κ3) is 37.7. The number of hydrogen-bond acceptors (Lipinski definition) is 23. The van der Waals surface area contributed by atoms with E-state index in [1.807, 2.05) is 14.1 Å². The maximum atomic E-state index is 9.06. The van der Waals surface area contributed by atoms with Gasteiger partial charge in [-0.3, -0.25) is 44.7 Å². The number of nitrogens with zero attached hydrogens (tertiary/aromatic N) is 14. The first kappa shape index (κ1) is 114. The third-order valence-electron chi connectivity index (χ3n) is 27.1. The van der Waals surface area contributed by atoms with Crippen LogP contribution in [0.5, 0.6) is 0 Å². The van der Waals surface area contributed by atoms with Crippen LogP contribution in [0.2, 0.25) is 0 Å². The molecule has 135 heavy (non-hydrogen) atoms. The SMILES string of the molecule is CC(C)c1ccc(C2CCOC2)c(CCN(C)C)n1.CC(C)c1ccc([C@@H]2CCOC2)c(CCN(C)C)n1.CC(C)c1ccc([C@@H]2CCOC2)c(CN(C)CCO)n1.CC(C)c1ccc([C@H]2CCOC2)c(CCN(C)C)n1.CC(C)c1ccc([C@H]2CCOC2)c(CN(C)CCO)n1.CCN(C)Cc1nc(C(C)C)ccc1C1CCOC1.CCN(C)Cc1nc(C(C)C)ccc1[C@@H]1CCOC1. The molecule has 7 aromatic rings. The first-order chi connectivity index (χ1) is 64.7. The van der Waals surface area contributed by atoms with Crippen LogP contribution in [-0.2, 0) is 78.6 Å². The Morgan fingerprint density at radius 3 is 0.548 bits per heavy atom. The van der Waals surface area contributed by atoms with Crippen molar-refractivity contribution in [2.75, 3.05) is 222 Å². The molecule has 23 heteroatoms. The molecule has 7 aliphatic rings. The fraction of sp³-hybridized carbons (Fsp3) is 0.688. The van der Waals surface area contributed by atoms with Gasteiger partial charge in [-0.15, -0.1) is 0 Å². The van der Waals surface area contributed by atoms with E-state index in [9.17, 15) is 0 Å². The van der Waals surface area contributed by atoms with Crippen molar-refractivity contribution < 1.29 is 43.4 Å². The minimum absolute atomic E-state index is 0.183. The second-order valence-electron chi connectivity index (χ2n) is 41.7. The highest BCUT2D eigenvalue weighted by molar-refractivity contribution is 5.36. The summed E-state index contributed by atoms with van der Waals surface area (Å²) in [6, 6.07) is 31.1. The smallest absolute Gasteiger partial charge is 0.0582 e. The molecule has 2 N–H and O–H groups in total. The number of aromatic nitrogens is 7. The van der Waals surface area contributed by atoms with Crippen LogP contribution in [0.4, 0.5) is 0 Å². The molecular formula is C112H182N14O9. The van der Waals surface area contributed by atoms with Crippen LogP contribution in [0.1, 0.15) is 357 Å². The molecule has 14 heterocycles. The van der Waals surface area contributed by atoms with Crippen molar-refractivity contribution in [2.45, 2.75) is 284 Å². The van der Waals surface area contributed by atoms with E-state index < -0.39 is 0 Å². The first-order valence-corrected chi connectivity index (χ1v) is 51.6. The summed E-state index contributed by atoms with van der Waals surface area (Å²) in [5.74, 6) is 6.98. The van der Waals surface area contributed by atoms with Gasteiger partial charge in [0.15, 0.2) is 0 Å². The highest BCUT2D eigenvalue weighted by atomic mass is 16.5. The lowest BCUT2D eigenvalue weighted by atomic mass is 9.94. The normalized spacial score (nSPS) is 19.5. The molecule has 0 amide bonds. The summed E-state index contributed by atoms with van der Waals surface area (Å²) in [7, 11) is 21.0. The Labute approximate surface area is 817 Å². The summed E-state index contributed by atoms with van der Waals surface area (Å²) in [6.45, 7) is 57.5. The summed E-state index contributed by atoms with van der Waals surface area (Å²) in [4.78, 5) is 49.8. The van der Waals surface area contributed by atoms with Gasteiger partial charge in [0.05, 0.1) is 82.2 Å². The lowest BCUT2D eigenvalue weighted by molar-refractivity contribution is 0.193. The second-order valence-corrected chi connectivity index (χ2v) is 41.7. The Morgan fingerprint density at radius 1 is 0.244 bits per heavy atom. The average Bonchev–Trinajstić information content (AvgIpc) is 1.85. The fourth-order valence-corrected chi connectivity index (χ4v) is 17.9. The molecule has 7 aliphatic heterocycles. The van der Waals surface area contributed by atoms with Gasteiger partial charge in [-0.2, -0.15) is 0 Å². The number of ether oxygens (including phenoxy) is 7. The van der Waals surface area contributed by atoms with Crippen molar-refractivity contribution in [3.8, 4) is 0 Å². The summed E-state index contributed by atoms with van der Waals surface area (Å²) >= 11 is 0. The van der Waals surface area contributed by atoms with Crippen LogP contribution in [0.3, 0.4) is 0 Å². The van der Waals surface area contributed by atoms with Crippen molar-refractivity contribution in [1.82, 2.24) is 69.2 Å². The standard InChI is InChI=1S/2C16H26N2O2.5C16H26N2O/c2*1-12(2)15-5-4-14(13-6-9-20-11-13)16(17-15)10-18(3)7-8-19;3*1-12(2)15-6-5-14(13-8-10-19-11-13)16(17-15)7-9-18(3)4;2*1-5-18(4)10-16-14(13-8-9-19-11-13)6-7-15(17-16)12(2)3/h2*4-5,12-13,19H,6-11H2,1-3H3;3*5-6,12-13H,7-11H2,1-4H3;2*6-7,12-13H,5,8-11H2,1-4H3/t4*13-;;13-;/m1010.1./s1. The largest absolute Gasteiger partial charge is 0.395 e. The van der Waals surface area contributed by atoms with Gasteiger partial charge in [0.1, 0.15) is 0 Å². The van der Waals surface area contributed by atoms with Gasteiger partial charge < -0.3 is 67.9 Å². The summed E-state index contributed by atoms with van der Waals surface area (Å²) in [5.41, 5.74) is 26.5. The predicted molar refractivity (Wildman–Crippen MR) is 553 cm³/mol. The Kier molecular flexibility index (Phi) is 50.4. The van der Waals surface area contributed by atoms with Crippen LogP contribution in [0.25, 0.3) is 0 Å².